The molecule has 0 bridgehead atoms. The zero-order valence-electron chi connectivity index (χ0n) is 15.4. The Labute approximate surface area is 177 Å². The van der Waals surface area contributed by atoms with E-state index in [2.05, 4.69) is 0 Å². The molecular formula is C21H18Cl2FNO4. The normalized spacial score (nSPS) is 14.5. The van der Waals surface area contributed by atoms with Crippen molar-refractivity contribution >= 4 is 40.9 Å². The Balaban J connectivity index is 1.49. The Kier molecular flexibility index (Phi) is 6.87. The topological polar surface area (TPSA) is 63.7 Å². The van der Waals surface area contributed by atoms with E-state index < -0.39 is 24.2 Å². The van der Waals surface area contributed by atoms with Gasteiger partial charge >= 0.3 is 5.97 Å². The summed E-state index contributed by atoms with van der Waals surface area (Å²) in [6, 6.07) is 9.82. The first-order chi connectivity index (χ1) is 13.8. The molecule has 0 N–H and O–H groups in total. The van der Waals surface area contributed by atoms with Gasteiger partial charge in [0.2, 0.25) is 5.78 Å². The smallest absolute Gasteiger partial charge is 0.309 e. The maximum absolute atomic E-state index is 13.0. The lowest BCUT2D eigenvalue weighted by molar-refractivity contribution is -0.148. The maximum atomic E-state index is 13.0. The van der Waals surface area contributed by atoms with Crippen LogP contribution in [0.25, 0.3) is 0 Å². The van der Waals surface area contributed by atoms with E-state index >= 15 is 0 Å². The number of amides is 1. The van der Waals surface area contributed by atoms with Gasteiger partial charge in [-0.15, -0.1) is 0 Å². The Morgan fingerprint density at radius 2 is 1.69 bits per heavy atom. The molecule has 0 spiro atoms. The third-order valence-corrected chi connectivity index (χ3v) is 5.33. The number of nitrogens with zero attached hydrogens (tertiary/aromatic N) is 1. The predicted molar refractivity (Wildman–Crippen MR) is 107 cm³/mol. The summed E-state index contributed by atoms with van der Waals surface area (Å²) >= 11 is 11.8. The second-order valence-corrected chi connectivity index (χ2v) is 7.57. The molecule has 0 atom stereocenters. The van der Waals surface area contributed by atoms with E-state index in [-0.39, 0.29) is 22.4 Å². The molecule has 8 heteroatoms. The number of ether oxygens (including phenoxy) is 1. The number of rotatable bonds is 5. The van der Waals surface area contributed by atoms with Gasteiger partial charge in [0.05, 0.1) is 10.9 Å². The lowest BCUT2D eigenvalue weighted by Crippen LogP contribution is -2.40. The monoisotopic (exact) mass is 437 g/mol. The van der Waals surface area contributed by atoms with Gasteiger partial charge in [-0.1, -0.05) is 23.2 Å². The van der Waals surface area contributed by atoms with Crippen molar-refractivity contribution in [1.29, 1.82) is 0 Å². The van der Waals surface area contributed by atoms with E-state index in [9.17, 15) is 18.8 Å². The van der Waals surface area contributed by atoms with Crippen molar-refractivity contribution in [1.82, 2.24) is 4.90 Å². The quantitative estimate of drug-likeness (QED) is 0.513. The third-order valence-electron chi connectivity index (χ3n) is 4.78. The van der Waals surface area contributed by atoms with Crippen LogP contribution in [0.3, 0.4) is 0 Å². The summed E-state index contributed by atoms with van der Waals surface area (Å²) in [4.78, 5) is 38.5. The van der Waals surface area contributed by atoms with Gasteiger partial charge in [0.15, 0.2) is 6.61 Å². The van der Waals surface area contributed by atoms with Crippen LogP contribution in [0, 0.1) is 11.7 Å². The van der Waals surface area contributed by atoms with Crippen molar-refractivity contribution in [2.75, 3.05) is 19.7 Å². The highest BCUT2D eigenvalue weighted by Crippen LogP contribution is 2.23. The number of hydrogen-bond donors (Lipinski definition) is 0. The predicted octanol–water partition coefficient (Wildman–Crippen LogP) is 4.41. The Bertz CT molecular complexity index is 925. The zero-order chi connectivity index (χ0) is 21.0. The molecule has 1 saturated heterocycles. The highest BCUT2D eigenvalue weighted by molar-refractivity contribution is 6.36. The Morgan fingerprint density at radius 1 is 1.03 bits per heavy atom. The fourth-order valence-corrected chi connectivity index (χ4v) is 3.66. The first-order valence-electron chi connectivity index (χ1n) is 9.05. The molecule has 1 aliphatic rings. The minimum Gasteiger partial charge on any atom is -0.457 e. The van der Waals surface area contributed by atoms with Crippen molar-refractivity contribution in [3.8, 4) is 0 Å². The van der Waals surface area contributed by atoms with Gasteiger partial charge in [-0.2, -0.15) is 0 Å². The van der Waals surface area contributed by atoms with Gasteiger partial charge in [0.1, 0.15) is 5.82 Å². The van der Waals surface area contributed by atoms with Gasteiger partial charge < -0.3 is 9.64 Å². The van der Waals surface area contributed by atoms with Crippen LogP contribution < -0.4 is 0 Å². The van der Waals surface area contributed by atoms with Crippen molar-refractivity contribution in [2.24, 2.45) is 5.92 Å². The fraction of sp³-hybridized carbons (Fsp3) is 0.286. The minimum absolute atomic E-state index is 0.200. The summed E-state index contributed by atoms with van der Waals surface area (Å²) in [5.41, 5.74) is 0.640. The number of benzene rings is 2. The number of piperidine rings is 1. The molecule has 3 rings (SSSR count). The molecular weight excluding hydrogens is 420 g/mol. The van der Waals surface area contributed by atoms with Crippen LogP contribution >= 0.6 is 23.2 Å². The number of hydrogen-bond acceptors (Lipinski definition) is 4. The first-order valence-corrected chi connectivity index (χ1v) is 9.80. The molecule has 1 heterocycles. The van der Waals surface area contributed by atoms with Crippen molar-refractivity contribution in [3.05, 3.63) is 69.5 Å². The molecule has 2 aromatic carbocycles. The fourth-order valence-electron chi connectivity index (χ4n) is 3.14. The van der Waals surface area contributed by atoms with Crippen molar-refractivity contribution in [2.45, 2.75) is 12.8 Å². The number of Topliss-reactive ketones (excluding diaryl/α,β-unsaturated/α-hetero) is 1. The average Bonchev–Trinajstić information content (AvgIpc) is 2.72. The highest BCUT2D eigenvalue weighted by Gasteiger charge is 2.29. The zero-order valence-corrected chi connectivity index (χ0v) is 16.9. The van der Waals surface area contributed by atoms with Crippen LogP contribution in [0.1, 0.15) is 33.6 Å². The molecule has 1 fully saturated rings. The SMILES string of the molecule is O=C(COC(=O)C1CCN(C(=O)c2ccc(F)cc2)CC1)c1ccc(Cl)cc1Cl. The van der Waals surface area contributed by atoms with E-state index in [0.29, 0.717) is 36.5 Å². The van der Waals surface area contributed by atoms with Crippen LogP contribution in [-0.4, -0.2) is 42.3 Å². The molecule has 1 amide bonds. The molecule has 152 valence electrons. The molecule has 0 saturated carbocycles. The van der Waals surface area contributed by atoms with Crippen LogP contribution in [-0.2, 0) is 9.53 Å². The number of ketones is 1. The van der Waals surface area contributed by atoms with Gasteiger partial charge in [-0.3, -0.25) is 14.4 Å². The lowest BCUT2D eigenvalue weighted by atomic mass is 9.96. The number of halogens is 3. The molecule has 0 unspecified atom stereocenters. The van der Waals surface area contributed by atoms with Gasteiger partial charge in [-0.25, -0.2) is 4.39 Å². The summed E-state index contributed by atoms with van der Waals surface area (Å²) in [5.74, 6) is -1.89. The van der Waals surface area contributed by atoms with E-state index in [1.807, 2.05) is 0 Å². The summed E-state index contributed by atoms with van der Waals surface area (Å²) < 4.78 is 18.1. The second kappa shape index (κ2) is 9.37. The molecule has 1 aliphatic heterocycles. The van der Waals surface area contributed by atoms with Gasteiger partial charge in [0, 0.05) is 29.2 Å². The standard InChI is InChI=1S/C21H18Cl2FNO4/c22-15-3-6-17(18(23)11-15)19(26)12-29-21(28)14-7-9-25(10-8-14)20(27)13-1-4-16(24)5-2-13/h1-6,11,14H,7-10,12H2. The van der Waals surface area contributed by atoms with Crippen molar-refractivity contribution in [3.63, 3.8) is 0 Å². The van der Waals surface area contributed by atoms with Gasteiger partial charge in [-0.05, 0) is 55.3 Å². The number of esters is 1. The van der Waals surface area contributed by atoms with Crippen molar-refractivity contribution < 1.29 is 23.5 Å². The van der Waals surface area contributed by atoms with E-state index in [1.165, 1.54) is 42.5 Å². The molecule has 29 heavy (non-hydrogen) atoms. The third kappa shape index (κ3) is 5.34. The number of likely N-dealkylation sites (tertiary alicyclic amines) is 1. The summed E-state index contributed by atoms with van der Waals surface area (Å²) in [7, 11) is 0. The molecule has 2 aromatic rings. The van der Waals surface area contributed by atoms with Gasteiger partial charge in [0.25, 0.3) is 5.91 Å². The summed E-state index contributed by atoms with van der Waals surface area (Å²) in [6.07, 6.45) is 0.864. The van der Waals surface area contributed by atoms with E-state index in [4.69, 9.17) is 27.9 Å². The molecule has 0 radical (unpaired) electrons. The molecule has 5 nitrogen and oxygen atoms in total. The molecule has 0 aromatic heterocycles. The van der Waals surface area contributed by atoms with Crippen LogP contribution in [0.5, 0.6) is 0 Å². The molecule has 0 aliphatic carbocycles. The lowest BCUT2D eigenvalue weighted by Gasteiger charge is -2.31. The van der Waals surface area contributed by atoms with Crippen LogP contribution in [0.15, 0.2) is 42.5 Å². The summed E-state index contributed by atoms with van der Waals surface area (Å²) in [5, 5.41) is 0.608. The second-order valence-electron chi connectivity index (χ2n) is 6.73. The van der Waals surface area contributed by atoms with Crippen LogP contribution in [0.4, 0.5) is 4.39 Å². The Hall–Kier alpha value is -2.44. The summed E-state index contributed by atoms with van der Waals surface area (Å²) in [6.45, 7) is 0.356. The first kappa shape index (κ1) is 21.3. The average molecular weight is 438 g/mol. The van der Waals surface area contributed by atoms with E-state index in [0.717, 1.165) is 0 Å². The van der Waals surface area contributed by atoms with E-state index in [1.54, 1.807) is 4.90 Å². The van der Waals surface area contributed by atoms with Crippen LogP contribution in [0.2, 0.25) is 10.0 Å². The maximum Gasteiger partial charge on any atom is 0.309 e. The Morgan fingerprint density at radius 3 is 2.31 bits per heavy atom. The largest absolute Gasteiger partial charge is 0.457 e. The minimum atomic E-state index is -0.475. The highest BCUT2D eigenvalue weighted by atomic mass is 35.5. The number of carbonyl (C=O) groups is 3. The number of carbonyl (C=O) groups excluding carboxylic acids is 3.